The topological polar surface area (TPSA) is 38.3 Å². The molecule has 2 unspecified atom stereocenters. The summed E-state index contributed by atoms with van der Waals surface area (Å²) in [6.45, 7) is 3.05. The number of carbonyl (C=O) groups excluding carboxylic acids is 1. The molecule has 134 valence electrons. The molecule has 0 bridgehead atoms. The third-order valence-corrected chi connectivity index (χ3v) is 4.21. The van der Waals surface area contributed by atoms with Gasteiger partial charge in [0.1, 0.15) is 11.6 Å². The lowest BCUT2D eigenvalue weighted by Gasteiger charge is -2.33. The highest BCUT2D eigenvalue weighted by Crippen LogP contribution is 2.37. The predicted molar refractivity (Wildman–Crippen MR) is 81.1 cm³/mol. The van der Waals surface area contributed by atoms with Gasteiger partial charge in [-0.05, 0) is 57.4 Å². The van der Waals surface area contributed by atoms with Crippen molar-refractivity contribution in [3.05, 3.63) is 30.1 Å². The second-order valence-electron chi connectivity index (χ2n) is 6.64. The molecule has 1 aromatic rings. The number of carbonyl (C=O) groups is 1. The molecule has 2 rings (SSSR count). The molecule has 0 aliphatic heterocycles. The van der Waals surface area contributed by atoms with Crippen molar-refractivity contribution in [2.45, 2.75) is 57.3 Å². The van der Waals surface area contributed by atoms with Gasteiger partial charge in [0, 0.05) is 6.04 Å². The summed E-state index contributed by atoms with van der Waals surface area (Å²) in [5, 5.41) is 2.65. The van der Waals surface area contributed by atoms with Crippen molar-refractivity contribution >= 4 is 5.91 Å². The second-order valence-corrected chi connectivity index (χ2v) is 6.64. The number of rotatable bonds is 4. The van der Waals surface area contributed by atoms with Gasteiger partial charge in [-0.25, -0.2) is 4.39 Å². The first-order valence-corrected chi connectivity index (χ1v) is 7.90. The number of benzene rings is 1. The quantitative estimate of drug-likeness (QED) is 0.828. The lowest BCUT2D eigenvalue weighted by atomic mass is 9.85. The largest absolute Gasteiger partial charge is 0.478 e. The van der Waals surface area contributed by atoms with Crippen LogP contribution in [0.25, 0.3) is 0 Å². The van der Waals surface area contributed by atoms with Gasteiger partial charge in [0.05, 0.1) is 5.92 Å². The molecule has 0 heterocycles. The zero-order valence-electron chi connectivity index (χ0n) is 13.6. The second kappa shape index (κ2) is 6.99. The third-order valence-electron chi connectivity index (χ3n) is 4.21. The Bertz CT molecular complexity index is 569. The van der Waals surface area contributed by atoms with Crippen molar-refractivity contribution < 1.29 is 27.1 Å². The van der Waals surface area contributed by atoms with Crippen molar-refractivity contribution in [3.63, 3.8) is 0 Å². The molecule has 0 aromatic heterocycles. The number of alkyl halides is 3. The van der Waals surface area contributed by atoms with Crippen LogP contribution in [0, 0.1) is 11.7 Å². The first kappa shape index (κ1) is 18.5. The van der Waals surface area contributed by atoms with E-state index >= 15 is 0 Å². The number of hydrogen-bond donors (Lipinski definition) is 1. The Labute approximate surface area is 138 Å². The van der Waals surface area contributed by atoms with Crippen LogP contribution in [0.15, 0.2) is 24.3 Å². The highest BCUT2D eigenvalue weighted by atomic mass is 19.4. The molecule has 1 aliphatic carbocycles. The smallest absolute Gasteiger partial charge is 0.391 e. The van der Waals surface area contributed by atoms with E-state index in [2.05, 4.69) is 5.32 Å². The third kappa shape index (κ3) is 4.85. The van der Waals surface area contributed by atoms with Crippen molar-refractivity contribution in [3.8, 4) is 5.75 Å². The number of halogens is 4. The summed E-state index contributed by atoms with van der Waals surface area (Å²) in [6.07, 6.45) is -3.30. The fourth-order valence-electron chi connectivity index (χ4n) is 2.82. The average Bonchev–Trinajstić information content (AvgIpc) is 2.49. The van der Waals surface area contributed by atoms with Gasteiger partial charge in [-0.2, -0.15) is 13.2 Å². The van der Waals surface area contributed by atoms with E-state index in [1.807, 2.05) is 0 Å². The Balaban J connectivity index is 1.96. The average molecular weight is 347 g/mol. The first-order valence-electron chi connectivity index (χ1n) is 7.90. The predicted octanol–water partition coefficient (Wildman–Crippen LogP) is 4.22. The molecule has 0 spiro atoms. The maximum absolute atomic E-state index is 12.9. The Kier molecular flexibility index (Phi) is 5.40. The summed E-state index contributed by atoms with van der Waals surface area (Å²) in [6, 6.07) is 4.68. The van der Waals surface area contributed by atoms with E-state index in [4.69, 9.17) is 4.74 Å². The van der Waals surface area contributed by atoms with E-state index in [0.717, 1.165) is 0 Å². The molecule has 1 fully saturated rings. The Morgan fingerprint density at radius 2 is 1.79 bits per heavy atom. The summed E-state index contributed by atoms with van der Waals surface area (Å²) in [4.78, 5) is 12.4. The highest BCUT2D eigenvalue weighted by Gasteiger charge is 2.43. The number of ether oxygens (including phenoxy) is 1. The van der Waals surface area contributed by atoms with Crippen LogP contribution >= 0.6 is 0 Å². The SMILES string of the molecule is CC(C)(Oc1ccc(F)cc1)C(=O)NC1CCCC(C(F)(F)F)C1. The van der Waals surface area contributed by atoms with Crippen molar-refractivity contribution in [2.24, 2.45) is 5.92 Å². The number of nitrogens with one attached hydrogen (secondary N) is 1. The van der Waals surface area contributed by atoms with Crippen LogP contribution in [0.1, 0.15) is 39.5 Å². The van der Waals surface area contributed by atoms with Gasteiger partial charge in [-0.15, -0.1) is 0 Å². The van der Waals surface area contributed by atoms with Crippen molar-refractivity contribution in [1.82, 2.24) is 5.32 Å². The molecule has 24 heavy (non-hydrogen) atoms. The van der Waals surface area contributed by atoms with Crippen LogP contribution in [0.3, 0.4) is 0 Å². The molecular formula is C17H21F4NO2. The summed E-state index contributed by atoms with van der Waals surface area (Å²) in [5.74, 6) is -1.98. The fourth-order valence-corrected chi connectivity index (χ4v) is 2.82. The molecule has 7 heteroatoms. The van der Waals surface area contributed by atoms with Crippen LogP contribution in [0.4, 0.5) is 17.6 Å². The van der Waals surface area contributed by atoms with Gasteiger partial charge in [-0.1, -0.05) is 6.42 Å². The highest BCUT2D eigenvalue weighted by molar-refractivity contribution is 5.85. The van der Waals surface area contributed by atoms with Crippen LogP contribution < -0.4 is 10.1 Å². The number of hydrogen-bond acceptors (Lipinski definition) is 2. The van der Waals surface area contributed by atoms with E-state index in [0.29, 0.717) is 18.6 Å². The fraction of sp³-hybridized carbons (Fsp3) is 0.588. The lowest BCUT2D eigenvalue weighted by molar-refractivity contribution is -0.184. The van der Waals surface area contributed by atoms with E-state index in [9.17, 15) is 22.4 Å². The van der Waals surface area contributed by atoms with E-state index < -0.39 is 35.5 Å². The molecule has 0 saturated heterocycles. The minimum Gasteiger partial charge on any atom is -0.478 e. The Morgan fingerprint density at radius 1 is 1.17 bits per heavy atom. The normalized spacial score (nSPS) is 22.1. The van der Waals surface area contributed by atoms with Crippen LogP contribution in [-0.4, -0.2) is 23.7 Å². The van der Waals surface area contributed by atoms with Gasteiger partial charge in [0.2, 0.25) is 0 Å². The Morgan fingerprint density at radius 3 is 2.38 bits per heavy atom. The number of amides is 1. The molecule has 3 nitrogen and oxygen atoms in total. The molecular weight excluding hydrogens is 326 g/mol. The van der Waals surface area contributed by atoms with Gasteiger partial charge < -0.3 is 10.1 Å². The summed E-state index contributed by atoms with van der Waals surface area (Å²) < 4.78 is 57.0. The van der Waals surface area contributed by atoms with Crippen molar-refractivity contribution in [1.29, 1.82) is 0 Å². The minimum atomic E-state index is -4.23. The summed E-state index contributed by atoms with van der Waals surface area (Å²) in [5.41, 5.74) is -1.27. The van der Waals surface area contributed by atoms with Crippen molar-refractivity contribution in [2.75, 3.05) is 0 Å². The zero-order chi connectivity index (χ0) is 18.0. The standard InChI is InChI=1S/C17H21F4NO2/c1-16(2,24-14-8-6-12(18)7-9-14)15(23)22-13-5-3-4-11(10-13)17(19,20)21/h6-9,11,13H,3-5,10H2,1-2H3,(H,22,23). The molecule has 1 amide bonds. The van der Waals surface area contributed by atoms with E-state index in [1.54, 1.807) is 0 Å². The molecule has 2 atom stereocenters. The Hall–Kier alpha value is -1.79. The zero-order valence-corrected chi connectivity index (χ0v) is 13.6. The van der Waals surface area contributed by atoms with E-state index in [-0.39, 0.29) is 12.8 Å². The summed E-state index contributed by atoms with van der Waals surface area (Å²) in [7, 11) is 0. The maximum atomic E-state index is 12.9. The van der Waals surface area contributed by atoms with E-state index in [1.165, 1.54) is 38.1 Å². The van der Waals surface area contributed by atoms with Gasteiger partial charge in [-0.3, -0.25) is 4.79 Å². The molecule has 1 saturated carbocycles. The lowest BCUT2D eigenvalue weighted by Crippen LogP contribution is -2.51. The van der Waals surface area contributed by atoms with Gasteiger partial charge in [0.15, 0.2) is 5.60 Å². The maximum Gasteiger partial charge on any atom is 0.391 e. The molecule has 1 N–H and O–H groups in total. The van der Waals surface area contributed by atoms with Crippen LogP contribution in [0.5, 0.6) is 5.75 Å². The molecule has 1 aromatic carbocycles. The van der Waals surface area contributed by atoms with Crippen LogP contribution in [0.2, 0.25) is 0 Å². The van der Waals surface area contributed by atoms with Gasteiger partial charge >= 0.3 is 6.18 Å². The minimum absolute atomic E-state index is 0.103. The van der Waals surface area contributed by atoms with Crippen LogP contribution in [-0.2, 0) is 4.79 Å². The molecule has 1 aliphatic rings. The molecule has 0 radical (unpaired) electrons. The van der Waals surface area contributed by atoms with Gasteiger partial charge in [0.25, 0.3) is 5.91 Å². The summed E-state index contributed by atoms with van der Waals surface area (Å²) >= 11 is 0. The first-order chi connectivity index (χ1) is 11.1. The monoisotopic (exact) mass is 347 g/mol.